The molecule has 0 saturated carbocycles. The number of fused-ring (bicyclic) bond motifs is 1. The predicted octanol–water partition coefficient (Wildman–Crippen LogP) is 2.41. The van der Waals surface area contributed by atoms with Gasteiger partial charge in [-0.3, -0.25) is 9.48 Å². The predicted molar refractivity (Wildman–Crippen MR) is 92.6 cm³/mol. The van der Waals surface area contributed by atoms with Gasteiger partial charge in [-0.05, 0) is 44.4 Å². The fourth-order valence-corrected chi connectivity index (χ4v) is 3.65. The molecule has 3 atom stereocenters. The SMILES string of the molecule is Cc1cnn(C[C@@H]2CCCN2C(=O)[C@H]2Oc3ccccc3O[C@@H]2C)c1. The van der Waals surface area contributed by atoms with Gasteiger partial charge in [-0.2, -0.15) is 5.10 Å². The summed E-state index contributed by atoms with van der Waals surface area (Å²) in [6, 6.07) is 7.65. The Kier molecular flexibility index (Phi) is 4.11. The Morgan fingerprint density at radius 2 is 2.04 bits per heavy atom. The number of carbonyl (C=O) groups is 1. The van der Waals surface area contributed by atoms with Gasteiger partial charge < -0.3 is 14.4 Å². The molecule has 0 N–H and O–H groups in total. The normalized spacial score (nSPS) is 25.2. The van der Waals surface area contributed by atoms with Gasteiger partial charge in [0.1, 0.15) is 6.10 Å². The van der Waals surface area contributed by atoms with E-state index in [0.717, 1.165) is 31.5 Å². The zero-order chi connectivity index (χ0) is 17.4. The molecule has 1 aromatic carbocycles. The van der Waals surface area contributed by atoms with Crippen molar-refractivity contribution in [2.24, 2.45) is 0 Å². The van der Waals surface area contributed by atoms with E-state index in [9.17, 15) is 4.79 Å². The van der Waals surface area contributed by atoms with Gasteiger partial charge in [0.05, 0.1) is 18.8 Å². The molecule has 1 aromatic heterocycles. The first kappa shape index (κ1) is 16.0. The fourth-order valence-electron chi connectivity index (χ4n) is 3.65. The van der Waals surface area contributed by atoms with Gasteiger partial charge in [0, 0.05) is 12.7 Å². The van der Waals surface area contributed by atoms with Gasteiger partial charge in [0.15, 0.2) is 11.5 Å². The Labute approximate surface area is 147 Å². The maximum Gasteiger partial charge on any atom is 0.267 e. The number of aryl methyl sites for hydroxylation is 1. The first-order chi connectivity index (χ1) is 12.1. The van der Waals surface area contributed by atoms with Crippen LogP contribution in [0.4, 0.5) is 0 Å². The molecule has 2 aliphatic heterocycles. The number of amides is 1. The topological polar surface area (TPSA) is 56.6 Å². The van der Waals surface area contributed by atoms with E-state index >= 15 is 0 Å². The third-order valence-electron chi connectivity index (χ3n) is 4.91. The van der Waals surface area contributed by atoms with Crippen molar-refractivity contribution in [1.29, 1.82) is 0 Å². The number of hydrogen-bond acceptors (Lipinski definition) is 4. The zero-order valence-electron chi connectivity index (χ0n) is 14.6. The number of aromatic nitrogens is 2. The molecule has 0 unspecified atom stereocenters. The molecule has 2 aromatic rings. The Balaban J connectivity index is 1.49. The lowest BCUT2D eigenvalue weighted by molar-refractivity contribution is -0.145. The molecule has 4 rings (SSSR count). The number of likely N-dealkylation sites (tertiary alicyclic amines) is 1. The largest absolute Gasteiger partial charge is 0.482 e. The van der Waals surface area contributed by atoms with Crippen molar-refractivity contribution in [2.75, 3.05) is 6.54 Å². The van der Waals surface area contributed by atoms with E-state index < -0.39 is 6.10 Å². The second kappa shape index (κ2) is 6.43. The molecular formula is C19H23N3O3. The summed E-state index contributed by atoms with van der Waals surface area (Å²) in [7, 11) is 0. The number of benzene rings is 1. The van der Waals surface area contributed by atoms with E-state index in [1.54, 1.807) is 0 Å². The summed E-state index contributed by atoms with van der Waals surface area (Å²) in [6.07, 6.45) is 4.95. The number of carbonyl (C=O) groups excluding carboxylic acids is 1. The van der Waals surface area contributed by atoms with Crippen molar-refractivity contribution in [2.45, 2.75) is 51.5 Å². The van der Waals surface area contributed by atoms with Gasteiger partial charge in [-0.15, -0.1) is 0 Å². The molecule has 1 fully saturated rings. The fraction of sp³-hybridized carbons (Fsp3) is 0.474. The monoisotopic (exact) mass is 341 g/mol. The van der Waals surface area contributed by atoms with Crippen molar-refractivity contribution in [1.82, 2.24) is 14.7 Å². The highest BCUT2D eigenvalue weighted by Gasteiger charge is 2.40. The summed E-state index contributed by atoms with van der Waals surface area (Å²) in [5.74, 6) is 1.34. The molecule has 0 bridgehead atoms. The van der Waals surface area contributed by atoms with Gasteiger partial charge >= 0.3 is 0 Å². The van der Waals surface area contributed by atoms with Crippen LogP contribution in [0.15, 0.2) is 36.7 Å². The summed E-state index contributed by atoms with van der Waals surface area (Å²) in [5, 5.41) is 4.35. The molecule has 132 valence electrons. The Morgan fingerprint density at radius 1 is 1.28 bits per heavy atom. The number of para-hydroxylation sites is 2. The van der Waals surface area contributed by atoms with Crippen molar-refractivity contribution < 1.29 is 14.3 Å². The summed E-state index contributed by atoms with van der Waals surface area (Å²) >= 11 is 0. The summed E-state index contributed by atoms with van der Waals surface area (Å²) in [5.41, 5.74) is 1.13. The van der Waals surface area contributed by atoms with Crippen molar-refractivity contribution in [3.05, 3.63) is 42.2 Å². The molecule has 2 aliphatic rings. The second-order valence-electron chi connectivity index (χ2n) is 6.88. The average molecular weight is 341 g/mol. The molecule has 0 spiro atoms. The van der Waals surface area contributed by atoms with E-state index in [4.69, 9.17) is 9.47 Å². The minimum absolute atomic E-state index is 0.00776. The van der Waals surface area contributed by atoms with Crippen LogP contribution in [0.2, 0.25) is 0 Å². The van der Waals surface area contributed by atoms with Crippen molar-refractivity contribution in [3.63, 3.8) is 0 Å². The number of hydrogen-bond donors (Lipinski definition) is 0. The maximum absolute atomic E-state index is 13.1. The zero-order valence-corrected chi connectivity index (χ0v) is 14.6. The van der Waals surface area contributed by atoms with Crippen LogP contribution < -0.4 is 9.47 Å². The number of nitrogens with zero attached hydrogens (tertiary/aromatic N) is 3. The van der Waals surface area contributed by atoms with Gasteiger partial charge in [0.2, 0.25) is 6.10 Å². The third kappa shape index (κ3) is 3.08. The van der Waals surface area contributed by atoms with E-state index in [2.05, 4.69) is 5.10 Å². The molecule has 3 heterocycles. The third-order valence-corrected chi connectivity index (χ3v) is 4.91. The highest BCUT2D eigenvalue weighted by atomic mass is 16.6. The van der Waals surface area contributed by atoms with E-state index in [-0.39, 0.29) is 18.1 Å². The first-order valence-electron chi connectivity index (χ1n) is 8.83. The molecule has 6 nitrogen and oxygen atoms in total. The van der Waals surface area contributed by atoms with Crippen LogP contribution in [-0.2, 0) is 11.3 Å². The summed E-state index contributed by atoms with van der Waals surface area (Å²) in [6.45, 7) is 5.39. The molecule has 1 saturated heterocycles. The molecule has 25 heavy (non-hydrogen) atoms. The minimum Gasteiger partial charge on any atom is -0.482 e. The minimum atomic E-state index is -0.602. The van der Waals surface area contributed by atoms with E-state index in [0.29, 0.717) is 11.5 Å². The molecule has 6 heteroatoms. The Bertz CT molecular complexity index is 773. The lowest BCUT2D eigenvalue weighted by Crippen LogP contribution is -2.52. The molecule has 1 amide bonds. The van der Waals surface area contributed by atoms with Crippen LogP contribution in [0.1, 0.15) is 25.3 Å². The van der Waals surface area contributed by atoms with Crippen LogP contribution in [0.5, 0.6) is 11.5 Å². The lowest BCUT2D eigenvalue weighted by atomic mass is 10.1. The van der Waals surface area contributed by atoms with E-state index in [1.807, 2.05) is 60.1 Å². The molecule has 0 radical (unpaired) electrons. The second-order valence-corrected chi connectivity index (χ2v) is 6.88. The van der Waals surface area contributed by atoms with Gasteiger partial charge in [-0.25, -0.2) is 0 Å². The lowest BCUT2D eigenvalue weighted by Gasteiger charge is -2.35. The Morgan fingerprint density at radius 3 is 2.76 bits per heavy atom. The van der Waals surface area contributed by atoms with Crippen LogP contribution in [0.3, 0.4) is 0 Å². The summed E-state index contributed by atoms with van der Waals surface area (Å²) in [4.78, 5) is 15.1. The van der Waals surface area contributed by atoms with Crippen molar-refractivity contribution >= 4 is 5.91 Å². The van der Waals surface area contributed by atoms with Gasteiger partial charge in [0.25, 0.3) is 5.91 Å². The molecular weight excluding hydrogens is 318 g/mol. The number of rotatable bonds is 3. The average Bonchev–Trinajstić information content (AvgIpc) is 3.23. The van der Waals surface area contributed by atoms with Crippen LogP contribution in [0, 0.1) is 6.92 Å². The maximum atomic E-state index is 13.1. The molecule has 0 aliphatic carbocycles. The first-order valence-corrected chi connectivity index (χ1v) is 8.83. The highest BCUT2D eigenvalue weighted by molar-refractivity contribution is 5.83. The quantitative estimate of drug-likeness (QED) is 0.860. The summed E-state index contributed by atoms with van der Waals surface area (Å²) < 4.78 is 13.8. The Hall–Kier alpha value is -2.50. The van der Waals surface area contributed by atoms with Crippen LogP contribution in [0.25, 0.3) is 0 Å². The van der Waals surface area contributed by atoms with Crippen LogP contribution in [-0.4, -0.2) is 45.4 Å². The van der Waals surface area contributed by atoms with Crippen LogP contribution >= 0.6 is 0 Å². The smallest absolute Gasteiger partial charge is 0.267 e. The van der Waals surface area contributed by atoms with E-state index in [1.165, 1.54) is 0 Å². The standard InChI is InChI=1S/C19H23N3O3/c1-13-10-20-21(11-13)12-15-6-5-9-22(15)19(23)18-14(2)24-16-7-3-4-8-17(16)25-18/h3-4,7-8,10-11,14-15,18H,5-6,9,12H2,1-2H3/t14-,15+,18+/m1/s1. The number of ether oxygens (including phenoxy) is 2. The van der Waals surface area contributed by atoms with Crippen molar-refractivity contribution in [3.8, 4) is 11.5 Å². The van der Waals surface area contributed by atoms with Gasteiger partial charge in [-0.1, -0.05) is 12.1 Å². The highest BCUT2D eigenvalue weighted by Crippen LogP contribution is 2.34.